The van der Waals surface area contributed by atoms with Crippen LogP contribution in [0, 0.1) is 3.57 Å². The van der Waals surface area contributed by atoms with Crippen LogP contribution in [0.1, 0.15) is 5.56 Å². The molecule has 2 N–H and O–H groups in total. The van der Waals surface area contributed by atoms with Gasteiger partial charge in [0.1, 0.15) is 0 Å². The fraction of sp³-hybridized carbons (Fsp3) is 0.0625. The number of carboxylic acid groups (broad SMARTS) is 1. The second-order valence-corrected chi connectivity index (χ2v) is 6.43. The van der Waals surface area contributed by atoms with Crippen molar-refractivity contribution in [2.24, 2.45) is 0 Å². The van der Waals surface area contributed by atoms with E-state index >= 15 is 0 Å². The highest BCUT2D eigenvalue weighted by molar-refractivity contribution is 14.1. The van der Waals surface area contributed by atoms with Gasteiger partial charge >= 0.3 is 5.97 Å². The molecule has 0 atom stereocenters. The minimum absolute atomic E-state index is 0.0158. The number of fused-ring (bicyclic) bond motifs is 1. The van der Waals surface area contributed by atoms with Crippen molar-refractivity contribution in [2.45, 2.75) is 6.42 Å². The van der Waals surface area contributed by atoms with E-state index in [2.05, 4.69) is 27.6 Å². The number of halogens is 2. The summed E-state index contributed by atoms with van der Waals surface area (Å²) in [7, 11) is 0. The van der Waals surface area contributed by atoms with Crippen LogP contribution in [-0.4, -0.2) is 16.1 Å². The Morgan fingerprint density at radius 1 is 1.19 bits per heavy atom. The van der Waals surface area contributed by atoms with E-state index in [0.717, 1.165) is 31.3 Å². The van der Waals surface area contributed by atoms with E-state index in [9.17, 15) is 9.90 Å². The van der Waals surface area contributed by atoms with Crippen LogP contribution in [0.2, 0.25) is 5.02 Å². The molecule has 2 aromatic carbocycles. The predicted molar refractivity (Wildman–Crippen MR) is 92.8 cm³/mol. The molecule has 1 aromatic heterocycles. The Balaban J connectivity index is 2.25. The lowest BCUT2D eigenvalue weighted by Crippen LogP contribution is -2.00. The minimum atomic E-state index is -0.843. The Hall–Kier alpha value is -1.53. The van der Waals surface area contributed by atoms with Crippen LogP contribution in [0.3, 0.4) is 0 Å². The molecule has 0 spiro atoms. The van der Waals surface area contributed by atoms with Gasteiger partial charge in [0, 0.05) is 19.5 Å². The summed E-state index contributed by atoms with van der Waals surface area (Å²) in [4.78, 5) is 14.5. The number of hydrogen-bond acceptors (Lipinski definition) is 1. The summed E-state index contributed by atoms with van der Waals surface area (Å²) in [5.74, 6) is -0.843. The van der Waals surface area contributed by atoms with Crippen molar-refractivity contribution in [3.05, 3.63) is 56.6 Å². The summed E-state index contributed by atoms with van der Waals surface area (Å²) in [5, 5.41) is 10.8. The van der Waals surface area contributed by atoms with Crippen LogP contribution in [-0.2, 0) is 11.2 Å². The number of hydrogen-bond donors (Lipinski definition) is 2. The lowest BCUT2D eigenvalue weighted by atomic mass is 10.0. The fourth-order valence-corrected chi connectivity index (χ4v) is 3.03. The quantitative estimate of drug-likeness (QED) is 0.613. The highest BCUT2D eigenvalue weighted by Gasteiger charge is 2.16. The predicted octanol–water partition coefficient (Wildman–Crippen LogP) is 4.72. The molecule has 0 aliphatic carbocycles. The molecular weight excluding hydrogens is 401 g/mol. The number of carbonyl (C=O) groups is 1. The average Bonchev–Trinajstić information content (AvgIpc) is 2.77. The van der Waals surface area contributed by atoms with Crippen LogP contribution in [0.5, 0.6) is 0 Å². The van der Waals surface area contributed by atoms with E-state index in [4.69, 9.17) is 11.6 Å². The maximum absolute atomic E-state index is 11.2. The summed E-state index contributed by atoms with van der Waals surface area (Å²) in [6, 6.07) is 13.4. The Labute approximate surface area is 140 Å². The van der Waals surface area contributed by atoms with Gasteiger partial charge in [-0.1, -0.05) is 23.7 Å². The molecular formula is C16H11ClINO2. The SMILES string of the molecule is O=C(O)Cc1c(-c2ccc(Cl)cc2)[nH]c2ccc(I)cc12. The summed E-state index contributed by atoms with van der Waals surface area (Å²) < 4.78 is 1.08. The van der Waals surface area contributed by atoms with Crippen LogP contribution in [0.15, 0.2) is 42.5 Å². The largest absolute Gasteiger partial charge is 0.481 e. The number of aliphatic carboxylic acids is 1. The molecule has 0 bridgehead atoms. The van der Waals surface area contributed by atoms with Gasteiger partial charge in [-0.05, 0) is 64.0 Å². The Morgan fingerprint density at radius 3 is 2.57 bits per heavy atom. The van der Waals surface area contributed by atoms with Crippen molar-refractivity contribution >= 4 is 51.1 Å². The van der Waals surface area contributed by atoms with Gasteiger partial charge in [0.15, 0.2) is 0 Å². The summed E-state index contributed by atoms with van der Waals surface area (Å²) in [6.45, 7) is 0. The van der Waals surface area contributed by atoms with Gasteiger partial charge in [0.2, 0.25) is 0 Å². The first-order valence-electron chi connectivity index (χ1n) is 6.32. The van der Waals surface area contributed by atoms with Crippen molar-refractivity contribution in [3.63, 3.8) is 0 Å². The van der Waals surface area contributed by atoms with Crippen LogP contribution in [0.4, 0.5) is 0 Å². The Bertz CT molecular complexity index is 824. The average molecular weight is 412 g/mol. The lowest BCUT2D eigenvalue weighted by Gasteiger charge is -2.03. The van der Waals surface area contributed by atoms with Crippen molar-refractivity contribution in [1.29, 1.82) is 0 Å². The molecule has 0 unspecified atom stereocenters. The molecule has 0 aliphatic rings. The minimum Gasteiger partial charge on any atom is -0.481 e. The highest BCUT2D eigenvalue weighted by atomic mass is 127. The zero-order valence-corrected chi connectivity index (χ0v) is 13.8. The number of aromatic amines is 1. The maximum atomic E-state index is 11.2. The molecule has 0 amide bonds. The normalized spacial score (nSPS) is 11.0. The summed E-state index contributed by atoms with van der Waals surface area (Å²) >= 11 is 8.15. The van der Waals surface area contributed by atoms with Crippen molar-refractivity contribution in [1.82, 2.24) is 4.98 Å². The number of rotatable bonds is 3. The van der Waals surface area contributed by atoms with Crippen LogP contribution < -0.4 is 0 Å². The molecule has 0 saturated carbocycles. The maximum Gasteiger partial charge on any atom is 0.307 e. The van der Waals surface area contributed by atoms with Gasteiger partial charge in [-0.2, -0.15) is 0 Å². The van der Waals surface area contributed by atoms with Crippen molar-refractivity contribution < 1.29 is 9.90 Å². The molecule has 3 rings (SSSR count). The van der Waals surface area contributed by atoms with Gasteiger partial charge in [0.25, 0.3) is 0 Å². The summed E-state index contributed by atoms with van der Waals surface area (Å²) in [6.07, 6.45) is -0.0158. The molecule has 106 valence electrons. The van der Waals surface area contributed by atoms with Gasteiger partial charge in [-0.25, -0.2) is 0 Å². The molecule has 5 heteroatoms. The molecule has 21 heavy (non-hydrogen) atoms. The number of benzene rings is 2. The third-order valence-corrected chi connectivity index (χ3v) is 4.25. The first-order valence-corrected chi connectivity index (χ1v) is 7.78. The zero-order chi connectivity index (χ0) is 15.0. The topological polar surface area (TPSA) is 53.1 Å². The second-order valence-electron chi connectivity index (χ2n) is 4.75. The van der Waals surface area contributed by atoms with E-state index in [0.29, 0.717) is 5.02 Å². The zero-order valence-electron chi connectivity index (χ0n) is 10.9. The van der Waals surface area contributed by atoms with Gasteiger partial charge in [-0.15, -0.1) is 0 Å². The number of nitrogens with one attached hydrogen (secondary N) is 1. The van der Waals surface area contributed by atoms with Crippen molar-refractivity contribution in [2.75, 3.05) is 0 Å². The smallest absolute Gasteiger partial charge is 0.307 e. The molecule has 3 nitrogen and oxygen atoms in total. The van der Waals surface area contributed by atoms with Gasteiger partial charge in [0.05, 0.1) is 12.1 Å². The highest BCUT2D eigenvalue weighted by Crippen LogP contribution is 2.32. The first-order chi connectivity index (χ1) is 10.0. The van der Waals surface area contributed by atoms with Crippen molar-refractivity contribution in [3.8, 4) is 11.3 Å². The fourth-order valence-electron chi connectivity index (χ4n) is 2.42. The second kappa shape index (κ2) is 5.69. The monoisotopic (exact) mass is 411 g/mol. The lowest BCUT2D eigenvalue weighted by molar-refractivity contribution is -0.136. The van der Waals surface area contributed by atoms with E-state index < -0.39 is 5.97 Å². The Kier molecular flexibility index (Phi) is 3.91. The number of H-pyrrole nitrogens is 1. The third-order valence-electron chi connectivity index (χ3n) is 3.33. The Morgan fingerprint density at radius 2 is 1.90 bits per heavy atom. The molecule has 3 aromatic rings. The van der Waals surface area contributed by atoms with E-state index in [1.54, 1.807) is 12.1 Å². The summed E-state index contributed by atoms with van der Waals surface area (Å²) in [5.41, 5.74) is 3.52. The third kappa shape index (κ3) is 2.91. The van der Waals surface area contributed by atoms with Gasteiger partial charge < -0.3 is 10.1 Å². The number of carboxylic acids is 1. The molecule has 0 aliphatic heterocycles. The molecule has 0 fully saturated rings. The molecule has 0 saturated heterocycles. The molecule has 1 heterocycles. The van der Waals surface area contributed by atoms with Crippen LogP contribution >= 0.6 is 34.2 Å². The van der Waals surface area contributed by atoms with E-state index in [1.807, 2.05) is 30.3 Å². The van der Waals surface area contributed by atoms with E-state index in [-0.39, 0.29) is 6.42 Å². The molecule has 0 radical (unpaired) electrons. The first kappa shape index (κ1) is 14.4. The van der Waals surface area contributed by atoms with Gasteiger partial charge in [-0.3, -0.25) is 4.79 Å². The van der Waals surface area contributed by atoms with Crippen LogP contribution in [0.25, 0.3) is 22.2 Å². The standard InChI is InChI=1S/C16H11ClINO2/c17-10-3-1-9(2-4-10)16-13(8-15(20)21)12-7-11(18)5-6-14(12)19-16/h1-7,19H,8H2,(H,20,21). The van der Waals surface area contributed by atoms with E-state index in [1.165, 1.54) is 0 Å². The number of aromatic nitrogens is 1.